The zero-order valence-corrected chi connectivity index (χ0v) is 12.1. The molecule has 0 saturated carbocycles. The highest BCUT2D eigenvalue weighted by Gasteiger charge is 2.07. The molecule has 0 bridgehead atoms. The lowest BCUT2D eigenvalue weighted by Gasteiger charge is -2.13. The molecule has 2 aromatic carbocycles. The maximum atomic E-state index is 9.24. The van der Waals surface area contributed by atoms with Gasteiger partial charge in [0.1, 0.15) is 18.1 Å². The SMILES string of the molecule is NCCc1cccc(Br)c1OCc1ccc(O)cc1. The Hall–Kier alpha value is -1.52. The van der Waals surface area contributed by atoms with Crippen LogP contribution in [0.4, 0.5) is 0 Å². The summed E-state index contributed by atoms with van der Waals surface area (Å²) in [6.07, 6.45) is 0.782. The van der Waals surface area contributed by atoms with Crippen LogP contribution in [0.25, 0.3) is 0 Å². The molecule has 0 saturated heterocycles. The van der Waals surface area contributed by atoms with E-state index >= 15 is 0 Å². The second-order valence-electron chi connectivity index (χ2n) is 4.22. The lowest BCUT2D eigenvalue weighted by atomic mass is 10.1. The molecule has 0 aromatic heterocycles. The highest BCUT2D eigenvalue weighted by molar-refractivity contribution is 9.10. The second kappa shape index (κ2) is 6.59. The number of benzene rings is 2. The van der Waals surface area contributed by atoms with Crippen molar-refractivity contribution in [1.82, 2.24) is 0 Å². The molecule has 0 spiro atoms. The quantitative estimate of drug-likeness (QED) is 0.888. The minimum absolute atomic E-state index is 0.258. The molecule has 0 aliphatic carbocycles. The molecule has 0 amide bonds. The predicted molar refractivity (Wildman–Crippen MR) is 79.3 cm³/mol. The lowest BCUT2D eigenvalue weighted by Crippen LogP contribution is -2.06. The van der Waals surface area contributed by atoms with Crippen molar-refractivity contribution in [1.29, 1.82) is 0 Å². The van der Waals surface area contributed by atoms with Gasteiger partial charge < -0.3 is 15.6 Å². The van der Waals surface area contributed by atoms with Crippen LogP contribution in [0, 0.1) is 0 Å². The summed E-state index contributed by atoms with van der Waals surface area (Å²) in [5.74, 6) is 1.09. The van der Waals surface area contributed by atoms with Gasteiger partial charge in [0.05, 0.1) is 4.47 Å². The molecule has 0 radical (unpaired) electrons. The molecule has 3 N–H and O–H groups in total. The van der Waals surface area contributed by atoms with Gasteiger partial charge in [-0.15, -0.1) is 0 Å². The Morgan fingerprint density at radius 3 is 2.53 bits per heavy atom. The third-order valence-corrected chi connectivity index (χ3v) is 3.41. The van der Waals surface area contributed by atoms with Gasteiger partial charge in [-0.05, 0) is 58.2 Å². The first-order valence-electron chi connectivity index (χ1n) is 6.09. The van der Waals surface area contributed by atoms with Crippen LogP contribution in [0.1, 0.15) is 11.1 Å². The summed E-state index contributed by atoms with van der Waals surface area (Å²) in [7, 11) is 0. The third-order valence-electron chi connectivity index (χ3n) is 2.78. The summed E-state index contributed by atoms with van der Waals surface area (Å²) in [6, 6.07) is 12.9. The normalized spacial score (nSPS) is 10.4. The standard InChI is InChI=1S/C15H16BrNO2/c16-14-3-1-2-12(8-9-17)15(14)19-10-11-4-6-13(18)7-5-11/h1-7,18H,8-10,17H2. The molecule has 0 fully saturated rings. The van der Waals surface area contributed by atoms with E-state index in [1.54, 1.807) is 12.1 Å². The maximum Gasteiger partial charge on any atom is 0.137 e. The van der Waals surface area contributed by atoms with E-state index in [1.165, 1.54) is 0 Å². The van der Waals surface area contributed by atoms with Gasteiger partial charge >= 0.3 is 0 Å². The summed E-state index contributed by atoms with van der Waals surface area (Å²) in [5.41, 5.74) is 7.70. The largest absolute Gasteiger partial charge is 0.508 e. The van der Waals surface area contributed by atoms with Crippen LogP contribution in [0.3, 0.4) is 0 Å². The molecule has 4 heteroatoms. The van der Waals surface area contributed by atoms with Crippen LogP contribution in [-0.2, 0) is 13.0 Å². The van der Waals surface area contributed by atoms with E-state index in [1.807, 2.05) is 30.3 Å². The molecule has 0 heterocycles. The average Bonchev–Trinajstić information content (AvgIpc) is 2.40. The summed E-state index contributed by atoms with van der Waals surface area (Å²) < 4.78 is 6.79. The zero-order valence-electron chi connectivity index (χ0n) is 10.5. The Kier molecular flexibility index (Phi) is 4.82. The first-order valence-corrected chi connectivity index (χ1v) is 6.88. The number of rotatable bonds is 5. The van der Waals surface area contributed by atoms with Gasteiger partial charge in [0.2, 0.25) is 0 Å². The second-order valence-corrected chi connectivity index (χ2v) is 5.08. The van der Waals surface area contributed by atoms with Crippen LogP contribution >= 0.6 is 15.9 Å². The average molecular weight is 322 g/mol. The fourth-order valence-corrected chi connectivity index (χ4v) is 2.34. The minimum atomic E-state index is 0.258. The number of para-hydroxylation sites is 1. The Bertz CT molecular complexity index is 540. The molecule has 19 heavy (non-hydrogen) atoms. The van der Waals surface area contributed by atoms with Crippen molar-refractivity contribution in [2.24, 2.45) is 5.73 Å². The molecule has 0 unspecified atom stereocenters. The molecular weight excluding hydrogens is 306 g/mol. The minimum Gasteiger partial charge on any atom is -0.508 e. The van der Waals surface area contributed by atoms with Crippen molar-refractivity contribution >= 4 is 15.9 Å². The Balaban J connectivity index is 2.12. The van der Waals surface area contributed by atoms with E-state index in [-0.39, 0.29) is 5.75 Å². The number of halogens is 1. The smallest absolute Gasteiger partial charge is 0.137 e. The molecule has 0 aliphatic heterocycles. The monoisotopic (exact) mass is 321 g/mol. The summed E-state index contributed by atoms with van der Waals surface area (Å²) in [5, 5.41) is 9.24. The Labute approximate surface area is 121 Å². The van der Waals surface area contributed by atoms with Gasteiger partial charge in [-0.25, -0.2) is 0 Å². The Morgan fingerprint density at radius 2 is 1.84 bits per heavy atom. The first kappa shape index (κ1) is 13.9. The highest BCUT2D eigenvalue weighted by atomic mass is 79.9. The molecule has 0 atom stereocenters. The van der Waals surface area contributed by atoms with Gasteiger partial charge in [0.15, 0.2) is 0 Å². The predicted octanol–water partition coefficient (Wildman–Crippen LogP) is 3.23. The van der Waals surface area contributed by atoms with E-state index in [0.717, 1.165) is 27.8 Å². The Morgan fingerprint density at radius 1 is 1.11 bits per heavy atom. The molecule has 0 aliphatic rings. The van der Waals surface area contributed by atoms with Crippen LogP contribution < -0.4 is 10.5 Å². The van der Waals surface area contributed by atoms with Crippen molar-refractivity contribution < 1.29 is 9.84 Å². The van der Waals surface area contributed by atoms with Crippen LogP contribution in [-0.4, -0.2) is 11.7 Å². The number of ether oxygens (including phenoxy) is 1. The van der Waals surface area contributed by atoms with Crippen molar-refractivity contribution in [3.05, 3.63) is 58.1 Å². The highest BCUT2D eigenvalue weighted by Crippen LogP contribution is 2.30. The molecule has 2 rings (SSSR count). The third kappa shape index (κ3) is 3.72. The summed E-state index contributed by atoms with van der Waals surface area (Å²) in [6.45, 7) is 1.05. The zero-order chi connectivity index (χ0) is 13.7. The fourth-order valence-electron chi connectivity index (χ4n) is 1.82. The number of hydrogen-bond acceptors (Lipinski definition) is 3. The lowest BCUT2D eigenvalue weighted by molar-refractivity contribution is 0.301. The van der Waals surface area contributed by atoms with E-state index in [2.05, 4.69) is 15.9 Å². The first-order chi connectivity index (χ1) is 9.20. The molecule has 2 aromatic rings. The van der Waals surface area contributed by atoms with Crippen LogP contribution in [0.2, 0.25) is 0 Å². The molecular formula is C15H16BrNO2. The van der Waals surface area contributed by atoms with Gasteiger partial charge in [-0.3, -0.25) is 0 Å². The van der Waals surface area contributed by atoms with E-state index < -0.39 is 0 Å². The number of phenolic OH excluding ortho intramolecular Hbond substituents is 1. The van der Waals surface area contributed by atoms with Gasteiger partial charge in [0.25, 0.3) is 0 Å². The summed E-state index contributed by atoms with van der Waals surface area (Å²) in [4.78, 5) is 0. The van der Waals surface area contributed by atoms with Crippen molar-refractivity contribution in [3.8, 4) is 11.5 Å². The van der Waals surface area contributed by atoms with Crippen molar-refractivity contribution in [2.75, 3.05) is 6.54 Å². The van der Waals surface area contributed by atoms with Gasteiger partial charge in [-0.2, -0.15) is 0 Å². The van der Waals surface area contributed by atoms with E-state index in [9.17, 15) is 5.11 Å². The maximum absolute atomic E-state index is 9.24. The number of nitrogens with two attached hydrogens (primary N) is 1. The number of aromatic hydroxyl groups is 1. The van der Waals surface area contributed by atoms with E-state index in [0.29, 0.717) is 13.2 Å². The molecule has 3 nitrogen and oxygen atoms in total. The van der Waals surface area contributed by atoms with Crippen molar-refractivity contribution in [3.63, 3.8) is 0 Å². The summed E-state index contributed by atoms with van der Waals surface area (Å²) >= 11 is 3.50. The fraction of sp³-hybridized carbons (Fsp3) is 0.200. The van der Waals surface area contributed by atoms with Crippen molar-refractivity contribution in [2.45, 2.75) is 13.0 Å². The van der Waals surface area contributed by atoms with Gasteiger partial charge in [-0.1, -0.05) is 24.3 Å². The topological polar surface area (TPSA) is 55.5 Å². The van der Waals surface area contributed by atoms with Gasteiger partial charge in [0, 0.05) is 0 Å². The van der Waals surface area contributed by atoms with Crippen LogP contribution in [0.15, 0.2) is 46.9 Å². The number of hydrogen-bond donors (Lipinski definition) is 2. The molecule has 100 valence electrons. The number of phenols is 1. The van der Waals surface area contributed by atoms with E-state index in [4.69, 9.17) is 10.5 Å². The van der Waals surface area contributed by atoms with Crippen LogP contribution in [0.5, 0.6) is 11.5 Å².